The zero-order chi connectivity index (χ0) is 20.9. The molecule has 166 valence electrons. The van der Waals surface area contributed by atoms with Crippen LogP contribution in [-0.4, -0.2) is 60.8 Å². The summed E-state index contributed by atoms with van der Waals surface area (Å²) in [5, 5.41) is 7.45. The van der Waals surface area contributed by atoms with Gasteiger partial charge in [-0.3, -0.25) is 0 Å². The number of anilines is 1. The maximum absolute atomic E-state index is 5.37. The van der Waals surface area contributed by atoms with Gasteiger partial charge >= 0.3 is 0 Å². The first-order chi connectivity index (χ1) is 13.9. The van der Waals surface area contributed by atoms with Crippen LogP contribution in [0.25, 0.3) is 0 Å². The fourth-order valence-electron chi connectivity index (χ4n) is 3.16. The van der Waals surface area contributed by atoms with Gasteiger partial charge in [0.15, 0.2) is 11.8 Å². The molecule has 8 nitrogen and oxygen atoms in total. The fraction of sp³-hybridized carbons (Fsp3) is 0.571. The maximum Gasteiger partial charge on any atom is 0.232 e. The zero-order valence-electron chi connectivity index (χ0n) is 18.5. The second-order valence-electron chi connectivity index (χ2n) is 8.11. The van der Waals surface area contributed by atoms with E-state index in [2.05, 4.69) is 65.1 Å². The van der Waals surface area contributed by atoms with Crippen molar-refractivity contribution in [3.63, 3.8) is 0 Å². The number of aliphatic imine (C=N–C) groups is 1. The third-order valence-corrected chi connectivity index (χ3v) is 4.83. The van der Waals surface area contributed by atoms with Gasteiger partial charge in [-0.1, -0.05) is 25.9 Å². The first-order valence-electron chi connectivity index (χ1n) is 10.2. The van der Waals surface area contributed by atoms with E-state index in [0.717, 1.165) is 44.4 Å². The summed E-state index contributed by atoms with van der Waals surface area (Å²) in [6, 6.07) is 8.22. The second kappa shape index (κ2) is 10.8. The minimum Gasteiger partial charge on any atom is -0.497 e. The third kappa shape index (κ3) is 6.23. The number of methoxy groups -OCH3 is 1. The Hall–Kier alpha value is -2.04. The highest BCUT2D eigenvalue weighted by Gasteiger charge is 2.23. The molecule has 1 aromatic carbocycles. The average Bonchev–Trinajstić information content (AvgIpc) is 3.21. The Bertz CT molecular complexity index is 808. The van der Waals surface area contributed by atoms with Crippen molar-refractivity contribution in [2.45, 2.75) is 39.7 Å². The van der Waals surface area contributed by atoms with Crippen LogP contribution < -0.4 is 15.0 Å². The van der Waals surface area contributed by atoms with E-state index in [1.54, 1.807) is 7.11 Å². The van der Waals surface area contributed by atoms with Gasteiger partial charge in [-0.25, -0.2) is 4.99 Å². The van der Waals surface area contributed by atoms with E-state index in [-0.39, 0.29) is 29.4 Å². The number of rotatable bonds is 5. The SMILES string of the molecule is CCNC(=NCc1noc(C(C)(C)C)n1)N1CCN(c2ccc(OC)cc2)CC1.I. The van der Waals surface area contributed by atoms with Crippen molar-refractivity contribution in [1.29, 1.82) is 0 Å². The number of hydrogen-bond acceptors (Lipinski definition) is 6. The summed E-state index contributed by atoms with van der Waals surface area (Å²) >= 11 is 0. The largest absolute Gasteiger partial charge is 0.497 e. The molecule has 0 spiro atoms. The van der Waals surface area contributed by atoms with Crippen LogP contribution in [0.5, 0.6) is 5.75 Å². The molecule has 1 saturated heterocycles. The van der Waals surface area contributed by atoms with Crippen LogP contribution in [0.2, 0.25) is 0 Å². The van der Waals surface area contributed by atoms with E-state index in [0.29, 0.717) is 18.3 Å². The minimum absolute atomic E-state index is 0. The lowest BCUT2D eigenvalue weighted by molar-refractivity contribution is 0.318. The lowest BCUT2D eigenvalue weighted by Gasteiger charge is -2.37. The molecule has 3 rings (SSSR count). The predicted octanol–water partition coefficient (Wildman–Crippen LogP) is 3.28. The van der Waals surface area contributed by atoms with E-state index < -0.39 is 0 Å². The molecule has 0 radical (unpaired) electrons. The van der Waals surface area contributed by atoms with E-state index >= 15 is 0 Å². The first-order valence-corrected chi connectivity index (χ1v) is 10.2. The summed E-state index contributed by atoms with van der Waals surface area (Å²) in [5.74, 6) is 3.03. The Morgan fingerprint density at radius 3 is 2.37 bits per heavy atom. The molecule has 0 bridgehead atoms. The van der Waals surface area contributed by atoms with Crippen LogP contribution in [0.4, 0.5) is 5.69 Å². The van der Waals surface area contributed by atoms with Crippen LogP contribution >= 0.6 is 24.0 Å². The molecule has 1 N–H and O–H groups in total. The molecular formula is C21H33IN6O2. The second-order valence-corrected chi connectivity index (χ2v) is 8.11. The molecule has 2 aromatic rings. The lowest BCUT2D eigenvalue weighted by Crippen LogP contribution is -2.52. The number of piperazine rings is 1. The van der Waals surface area contributed by atoms with Crippen molar-refractivity contribution in [3.05, 3.63) is 36.0 Å². The van der Waals surface area contributed by atoms with Crippen molar-refractivity contribution in [2.24, 2.45) is 4.99 Å². The fourth-order valence-corrected chi connectivity index (χ4v) is 3.16. The number of nitrogens with zero attached hydrogens (tertiary/aromatic N) is 5. The van der Waals surface area contributed by atoms with Crippen molar-refractivity contribution in [3.8, 4) is 5.75 Å². The highest BCUT2D eigenvalue weighted by atomic mass is 127. The number of aromatic nitrogens is 2. The highest BCUT2D eigenvalue weighted by molar-refractivity contribution is 14.0. The molecule has 1 fully saturated rings. The van der Waals surface area contributed by atoms with Gasteiger partial charge in [-0.2, -0.15) is 4.98 Å². The number of nitrogens with one attached hydrogen (secondary N) is 1. The molecule has 0 saturated carbocycles. The summed E-state index contributed by atoms with van der Waals surface area (Å²) in [5.41, 5.74) is 1.06. The van der Waals surface area contributed by atoms with Crippen LogP contribution in [-0.2, 0) is 12.0 Å². The molecule has 1 aliphatic rings. The Morgan fingerprint density at radius 1 is 1.17 bits per heavy atom. The molecule has 1 aliphatic heterocycles. The smallest absolute Gasteiger partial charge is 0.232 e. The molecule has 0 amide bonds. The van der Waals surface area contributed by atoms with E-state index in [1.807, 2.05) is 12.1 Å². The number of guanidine groups is 1. The monoisotopic (exact) mass is 528 g/mol. The summed E-state index contributed by atoms with van der Waals surface area (Å²) < 4.78 is 10.6. The molecule has 0 aliphatic carbocycles. The molecule has 1 aromatic heterocycles. The molecular weight excluding hydrogens is 495 g/mol. The van der Waals surface area contributed by atoms with Crippen LogP contribution in [0.15, 0.2) is 33.8 Å². The summed E-state index contributed by atoms with van der Waals surface area (Å²) in [6.07, 6.45) is 0. The van der Waals surface area contributed by atoms with Gasteiger partial charge in [0.2, 0.25) is 5.89 Å². The van der Waals surface area contributed by atoms with Crippen LogP contribution in [0.3, 0.4) is 0 Å². The molecule has 2 heterocycles. The number of benzene rings is 1. The van der Waals surface area contributed by atoms with E-state index in [1.165, 1.54) is 5.69 Å². The number of ether oxygens (including phenoxy) is 1. The normalized spacial score (nSPS) is 15.0. The van der Waals surface area contributed by atoms with Crippen molar-refractivity contribution >= 4 is 35.6 Å². The molecule has 0 atom stereocenters. The Kier molecular flexibility index (Phi) is 8.75. The third-order valence-electron chi connectivity index (χ3n) is 4.83. The first kappa shape index (κ1) is 24.2. The van der Waals surface area contributed by atoms with Crippen molar-refractivity contribution in [1.82, 2.24) is 20.4 Å². The average molecular weight is 528 g/mol. The van der Waals surface area contributed by atoms with Gasteiger partial charge in [-0.05, 0) is 31.2 Å². The summed E-state index contributed by atoms with van der Waals surface area (Å²) in [6.45, 7) is 13.1. The predicted molar refractivity (Wildman–Crippen MR) is 130 cm³/mol. The number of halogens is 1. The summed E-state index contributed by atoms with van der Waals surface area (Å²) in [7, 11) is 1.69. The maximum atomic E-state index is 5.37. The van der Waals surface area contributed by atoms with Crippen molar-refractivity contribution in [2.75, 3.05) is 44.7 Å². The standard InChI is InChI=1S/C21H32N6O2.HI/c1-6-22-20(23-15-18-24-19(29-25-18)21(2,3)4)27-13-11-26(12-14-27)16-7-9-17(28-5)10-8-16;/h7-10H,6,11-15H2,1-5H3,(H,22,23);1H. The summed E-state index contributed by atoms with van der Waals surface area (Å²) in [4.78, 5) is 13.9. The Morgan fingerprint density at radius 2 is 1.83 bits per heavy atom. The van der Waals surface area contributed by atoms with Crippen LogP contribution in [0, 0.1) is 0 Å². The Balaban J connectivity index is 0.00000320. The van der Waals surface area contributed by atoms with Gasteiger partial charge in [0, 0.05) is 43.8 Å². The molecule has 9 heteroatoms. The van der Waals surface area contributed by atoms with Gasteiger partial charge in [-0.15, -0.1) is 24.0 Å². The van der Waals surface area contributed by atoms with Gasteiger partial charge < -0.3 is 24.4 Å². The minimum atomic E-state index is -0.156. The highest BCUT2D eigenvalue weighted by Crippen LogP contribution is 2.21. The topological polar surface area (TPSA) is 79.0 Å². The zero-order valence-corrected chi connectivity index (χ0v) is 20.8. The van der Waals surface area contributed by atoms with E-state index in [4.69, 9.17) is 14.3 Å². The lowest BCUT2D eigenvalue weighted by atomic mass is 9.97. The molecule has 0 unspecified atom stereocenters. The van der Waals surface area contributed by atoms with Gasteiger partial charge in [0.1, 0.15) is 12.3 Å². The number of hydrogen-bond donors (Lipinski definition) is 1. The van der Waals surface area contributed by atoms with Crippen molar-refractivity contribution < 1.29 is 9.26 Å². The van der Waals surface area contributed by atoms with Gasteiger partial charge in [0.05, 0.1) is 7.11 Å². The van der Waals surface area contributed by atoms with Gasteiger partial charge in [0.25, 0.3) is 0 Å². The molecule has 30 heavy (non-hydrogen) atoms. The van der Waals surface area contributed by atoms with Crippen LogP contribution in [0.1, 0.15) is 39.4 Å². The Labute approximate surface area is 196 Å². The quantitative estimate of drug-likeness (QED) is 0.363. The van der Waals surface area contributed by atoms with E-state index in [9.17, 15) is 0 Å².